The Hall–Kier alpha value is -1.39. The van der Waals surface area contributed by atoms with Gasteiger partial charge in [-0.15, -0.1) is 5.06 Å². The number of carbonyl (C=O) groups excluding carboxylic acids is 3. The zero-order valence-corrected chi connectivity index (χ0v) is 9.15. The van der Waals surface area contributed by atoms with E-state index in [2.05, 4.69) is 0 Å². The Bertz CT molecular complexity index is 280. The van der Waals surface area contributed by atoms with Crippen LogP contribution in [-0.2, 0) is 19.2 Å². The molecule has 0 aromatic heterocycles. The van der Waals surface area contributed by atoms with Crippen molar-refractivity contribution in [2.45, 2.75) is 33.6 Å². The number of hydrogen-bond donors (Lipinski definition) is 0. The van der Waals surface area contributed by atoms with Crippen LogP contribution in [0.1, 0.15) is 33.6 Å². The van der Waals surface area contributed by atoms with E-state index in [9.17, 15) is 14.4 Å². The molecule has 0 aromatic rings. The molecule has 0 atom stereocenters. The van der Waals surface area contributed by atoms with Crippen molar-refractivity contribution in [3.8, 4) is 0 Å². The fraction of sp³-hybridized carbons (Fsp3) is 0.700. The first-order chi connectivity index (χ1) is 6.91. The Balaban J connectivity index is 2.65. The molecule has 5 heteroatoms. The van der Waals surface area contributed by atoms with E-state index in [-0.39, 0.29) is 24.7 Å². The van der Waals surface area contributed by atoms with Gasteiger partial charge in [-0.05, 0) is 5.92 Å². The standard InChI is InChI=1S/C10H15NO4/c1-6(2)10(14)15-11-8(12)4-7(3)5-9(11)13/h6-7H,4-5H2,1-3H3. The molecule has 0 spiro atoms. The van der Waals surface area contributed by atoms with Crippen LogP contribution in [0.25, 0.3) is 0 Å². The largest absolute Gasteiger partial charge is 0.335 e. The van der Waals surface area contributed by atoms with Gasteiger partial charge in [-0.25, -0.2) is 4.79 Å². The van der Waals surface area contributed by atoms with Gasteiger partial charge in [0, 0.05) is 12.8 Å². The molecule has 0 saturated carbocycles. The number of piperidine rings is 1. The third-order valence-corrected chi connectivity index (χ3v) is 2.15. The van der Waals surface area contributed by atoms with Crippen LogP contribution in [-0.4, -0.2) is 22.8 Å². The van der Waals surface area contributed by atoms with Crippen molar-refractivity contribution in [2.24, 2.45) is 11.8 Å². The van der Waals surface area contributed by atoms with Gasteiger partial charge in [0.2, 0.25) is 0 Å². The lowest BCUT2D eigenvalue weighted by molar-refractivity contribution is -0.208. The zero-order chi connectivity index (χ0) is 11.6. The Morgan fingerprint density at radius 3 is 2.20 bits per heavy atom. The maximum atomic E-state index is 11.4. The van der Waals surface area contributed by atoms with Crippen LogP contribution in [0.3, 0.4) is 0 Å². The summed E-state index contributed by atoms with van der Waals surface area (Å²) < 4.78 is 0. The lowest BCUT2D eigenvalue weighted by Crippen LogP contribution is -2.44. The van der Waals surface area contributed by atoms with E-state index in [1.54, 1.807) is 13.8 Å². The molecule has 1 heterocycles. The lowest BCUT2D eigenvalue weighted by Gasteiger charge is -2.26. The summed E-state index contributed by atoms with van der Waals surface area (Å²) in [6.45, 7) is 5.10. The van der Waals surface area contributed by atoms with Gasteiger partial charge < -0.3 is 4.84 Å². The highest BCUT2D eigenvalue weighted by Crippen LogP contribution is 2.19. The molecule has 84 valence electrons. The first-order valence-electron chi connectivity index (χ1n) is 4.99. The molecule has 1 saturated heterocycles. The first kappa shape index (κ1) is 11.7. The number of amides is 2. The normalized spacial score (nSPS) is 18.5. The molecule has 0 aromatic carbocycles. The fourth-order valence-electron chi connectivity index (χ4n) is 1.27. The van der Waals surface area contributed by atoms with Gasteiger partial charge in [0.15, 0.2) is 0 Å². The van der Waals surface area contributed by atoms with E-state index < -0.39 is 17.8 Å². The Morgan fingerprint density at radius 2 is 1.80 bits per heavy atom. The Morgan fingerprint density at radius 1 is 1.33 bits per heavy atom. The van der Waals surface area contributed by atoms with E-state index in [0.29, 0.717) is 5.06 Å². The molecule has 1 fully saturated rings. The molecule has 0 aliphatic carbocycles. The van der Waals surface area contributed by atoms with E-state index >= 15 is 0 Å². The maximum Gasteiger partial charge on any atom is 0.335 e. The second kappa shape index (κ2) is 4.42. The molecule has 0 bridgehead atoms. The van der Waals surface area contributed by atoms with Crippen molar-refractivity contribution in [1.82, 2.24) is 5.06 Å². The number of imide groups is 1. The summed E-state index contributed by atoms with van der Waals surface area (Å²) in [7, 11) is 0. The first-order valence-corrected chi connectivity index (χ1v) is 4.99. The Labute approximate surface area is 88.3 Å². The monoisotopic (exact) mass is 213 g/mol. The number of hydroxylamine groups is 2. The molecule has 0 unspecified atom stereocenters. The van der Waals surface area contributed by atoms with Gasteiger partial charge in [-0.1, -0.05) is 20.8 Å². The van der Waals surface area contributed by atoms with Crippen molar-refractivity contribution in [1.29, 1.82) is 0 Å². The van der Waals surface area contributed by atoms with Crippen LogP contribution < -0.4 is 0 Å². The average Bonchev–Trinajstić information content (AvgIpc) is 2.10. The molecular formula is C10H15NO4. The summed E-state index contributed by atoms with van der Waals surface area (Å²) in [6.07, 6.45) is 0.494. The molecule has 0 radical (unpaired) electrons. The van der Waals surface area contributed by atoms with Crippen molar-refractivity contribution >= 4 is 17.8 Å². The van der Waals surface area contributed by atoms with E-state index in [4.69, 9.17) is 4.84 Å². The molecule has 1 rings (SSSR count). The summed E-state index contributed by atoms with van der Waals surface area (Å²) in [5, 5.41) is 0.600. The van der Waals surface area contributed by atoms with E-state index in [0.717, 1.165) is 0 Å². The molecule has 15 heavy (non-hydrogen) atoms. The van der Waals surface area contributed by atoms with Crippen LogP contribution >= 0.6 is 0 Å². The van der Waals surface area contributed by atoms with Gasteiger partial charge in [-0.2, -0.15) is 0 Å². The highest BCUT2D eigenvalue weighted by atomic mass is 16.7. The predicted octanol–water partition coefficient (Wildman–Crippen LogP) is 0.886. The second-order valence-corrected chi connectivity index (χ2v) is 4.16. The summed E-state index contributed by atoms with van der Waals surface area (Å²) in [5.41, 5.74) is 0. The second-order valence-electron chi connectivity index (χ2n) is 4.16. The minimum atomic E-state index is -0.564. The smallest absolute Gasteiger partial charge is 0.330 e. The van der Waals surface area contributed by atoms with Crippen LogP contribution in [0.2, 0.25) is 0 Å². The van der Waals surface area contributed by atoms with E-state index in [1.165, 1.54) is 0 Å². The molecule has 1 aliphatic rings. The van der Waals surface area contributed by atoms with Gasteiger partial charge >= 0.3 is 5.97 Å². The van der Waals surface area contributed by atoms with Crippen molar-refractivity contribution in [3.05, 3.63) is 0 Å². The third-order valence-electron chi connectivity index (χ3n) is 2.15. The minimum absolute atomic E-state index is 0.0269. The molecular weight excluding hydrogens is 198 g/mol. The predicted molar refractivity (Wildman–Crippen MR) is 51.2 cm³/mol. The SMILES string of the molecule is CC1CC(=O)N(OC(=O)C(C)C)C(=O)C1. The van der Waals surface area contributed by atoms with Gasteiger partial charge in [0.25, 0.3) is 11.8 Å². The number of hydrogen-bond acceptors (Lipinski definition) is 4. The van der Waals surface area contributed by atoms with Gasteiger partial charge in [-0.3, -0.25) is 9.59 Å². The van der Waals surface area contributed by atoms with Crippen LogP contribution in [0.5, 0.6) is 0 Å². The Kier molecular flexibility index (Phi) is 3.44. The number of rotatable bonds is 2. The molecule has 1 aliphatic heterocycles. The fourth-order valence-corrected chi connectivity index (χ4v) is 1.27. The van der Waals surface area contributed by atoms with Crippen LogP contribution in [0.15, 0.2) is 0 Å². The lowest BCUT2D eigenvalue weighted by atomic mass is 9.99. The van der Waals surface area contributed by atoms with Crippen LogP contribution in [0, 0.1) is 11.8 Å². The topological polar surface area (TPSA) is 63.7 Å². The van der Waals surface area contributed by atoms with Crippen molar-refractivity contribution in [2.75, 3.05) is 0 Å². The molecule has 5 nitrogen and oxygen atoms in total. The molecule has 0 N–H and O–H groups in total. The average molecular weight is 213 g/mol. The minimum Gasteiger partial charge on any atom is -0.330 e. The number of nitrogens with zero attached hydrogens (tertiary/aromatic N) is 1. The summed E-state index contributed by atoms with van der Waals surface area (Å²) in [4.78, 5) is 38.7. The summed E-state index contributed by atoms with van der Waals surface area (Å²) in [5.74, 6) is -1.77. The van der Waals surface area contributed by atoms with Crippen LogP contribution in [0.4, 0.5) is 0 Å². The summed E-state index contributed by atoms with van der Waals surface area (Å²) >= 11 is 0. The molecule has 2 amide bonds. The van der Waals surface area contributed by atoms with Crippen molar-refractivity contribution < 1.29 is 19.2 Å². The van der Waals surface area contributed by atoms with Crippen molar-refractivity contribution in [3.63, 3.8) is 0 Å². The maximum absolute atomic E-state index is 11.4. The third kappa shape index (κ3) is 2.78. The van der Waals surface area contributed by atoms with E-state index in [1.807, 2.05) is 6.92 Å². The van der Waals surface area contributed by atoms with Gasteiger partial charge in [0.05, 0.1) is 5.92 Å². The quantitative estimate of drug-likeness (QED) is 0.639. The summed E-state index contributed by atoms with van der Waals surface area (Å²) in [6, 6.07) is 0. The highest BCUT2D eigenvalue weighted by Gasteiger charge is 2.33. The zero-order valence-electron chi connectivity index (χ0n) is 9.15. The van der Waals surface area contributed by atoms with Gasteiger partial charge in [0.1, 0.15) is 0 Å². The number of carbonyl (C=O) groups is 3. The highest BCUT2D eigenvalue weighted by molar-refractivity contribution is 5.97.